The lowest BCUT2D eigenvalue weighted by Crippen LogP contribution is -2.78. The summed E-state index contributed by atoms with van der Waals surface area (Å²) in [4.78, 5) is 17.6. The van der Waals surface area contributed by atoms with E-state index < -0.39 is 11.0 Å². The second-order valence-electron chi connectivity index (χ2n) is 11.0. The van der Waals surface area contributed by atoms with Gasteiger partial charge in [-0.3, -0.25) is 9.69 Å². The molecule has 2 aliphatic heterocycles. The Morgan fingerprint density at radius 1 is 1.24 bits per heavy atom. The number of likely N-dealkylation sites (tertiary alicyclic amines) is 1. The molecule has 5 atom stereocenters. The molecule has 5 aliphatic rings. The van der Waals surface area contributed by atoms with Gasteiger partial charge in [-0.25, -0.2) is 0 Å². The standard InChI is InChI=1S/C28H32N2O4/c1-29(24(31)10-9-20-5-3-15-33-20)21-11-12-28(32)23-16-19-4-2-6-22-25(19)27(28,26(21)34-22)13-14-30(23)17-18-7-8-18/h2-6,9-10,15,18,21,23,26,32H,7-8,11-14,16-17H2,1H3/b10-9+/t21-,23+,26-,27-,28+/m0/s1. The van der Waals surface area contributed by atoms with E-state index in [1.807, 2.05) is 24.1 Å². The predicted octanol–water partition coefficient (Wildman–Crippen LogP) is 3.38. The number of carbonyl (C=O) groups is 1. The van der Waals surface area contributed by atoms with Crippen LogP contribution in [0.25, 0.3) is 6.08 Å². The third kappa shape index (κ3) is 2.73. The molecule has 1 N–H and O–H groups in total. The highest BCUT2D eigenvalue weighted by atomic mass is 16.5. The molecule has 178 valence electrons. The van der Waals surface area contributed by atoms with E-state index in [-0.39, 0.29) is 24.1 Å². The minimum atomic E-state index is -0.825. The van der Waals surface area contributed by atoms with Crippen LogP contribution in [0.3, 0.4) is 0 Å². The van der Waals surface area contributed by atoms with E-state index in [9.17, 15) is 9.90 Å². The molecule has 7 rings (SSSR count). The van der Waals surface area contributed by atoms with Crippen LogP contribution in [0.2, 0.25) is 0 Å². The molecule has 34 heavy (non-hydrogen) atoms. The molecule has 2 aromatic rings. The van der Waals surface area contributed by atoms with Crippen LogP contribution in [0.5, 0.6) is 5.75 Å². The summed E-state index contributed by atoms with van der Waals surface area (Å²) in [6.07, 6.45) is 10.5. The maximum absolute atomic E-state index is 13.2. The van der Waals surface area contributed by atoms with Crippen LogP contribution in [0.1, 0.15) is 49.0 Å². The minimum absolute atomic E-state index is 0.0680. The van der Waals surface area contributed by atoms with E-state index >= 15 is 0 Å². The van der Waals surface area contributed by atoms with E-state index in [4.69, 9.17) is 9.15 Å². The van der Waals surface area contributed by atoms with Crippen LogP contribution in [-0.4, -0.2) is 64.7 Å². The smallest absolute Gasteiger partial charge is 0.246 e. The van der Waals surface area contributed by atoms with Crippen molar-refractivity contribution < 1.29 is 19.1 Å². The highest BCUT2D eigenvalue weighted by Gasteiger charge is 2.73. The van der Waals surface area contributed by atoms with Crippen molar-refractivity contribution in [1.29, 1.82) is 0 Å². The van der Waals surface area contributed by atoms with Gasteiger partial charge >= 0.3 is 0 Å². The molecular weight excluding hydrogens is 428 g/mol. The van der Waals surface area contributed by atoms with Crippen LogP contribution >= 0.6 is 0 Å². The number of carbonyl (C=O) groups excluding carboxylic acids is 1. The Kier molecular flexibility index (Phi) is 4.41. The normalized spacial score (nSPS) is 35.8. The molecule has 6 heteroatoms. The maximum Gasteiger partial charge on any atom is 0.246 e. The number of piperidine rings is 1. The Bertz CT molecular complexity index is 1160. The van der Waals surface area contributed by atoms with Gasteiger partial charge in [-0.2, -0.15) is 0 Å². The fourth-order valence-electron chi connectivity index (χ4n) is 7.64. The fourth-order valence-corrected chi connectivity index (χ4v) is 7.64. The van der Waals surface area contributed by atoms with E-state index in [2.05, 4.69) is 23.1 Å². The Hall–Kier alpha value is -2.57. The van der Waals surface area contributed by atoms with Crippen molar-refractivity contribution in [3.8, 4) is 5.75 Å². The lowest BCUT2D eigenvalue weighted by atomic mass is 9.48. The molecule has 6 nitrogen and oxygen atoms in total. The Morgan fingerprint density at radius 2 is 2.12 bits per heavy atom. The molecule has 3 heterocycles. The number of hydrogen-bond donors (Lipinski definition) is 1. The van der Waals surface area contributed by atoms with E-state index in [1.165, 1.54) is 24.0 Å². The lowest BCUT2D eigenvalue weighted by Gasteiger charge is -2.64. The summed E-state index contributed by atoms with van der Waals surface area (Å²) in [5, 5.41) is 12.5. The van der Waals surface area contributed by atoms with Crippen LogP contribution < -0.4 is 4.74 Å². The lowest BCUT2D eigenvalue weighted by molar-refractivity contribution is -0.200. The van der Waals surface area contributed by atoms with Gasteiger partial charge in [-0.1, -0.05) is 12.1 Å². The molecule has 3 fully saturated rings. The summed E-state index contributed by atoms with van der Waals surface area (Å²) >= 11 is 0. The van der Waals surface area contributed by atoms with Crippen LogP contribution in [-0.2, 0) is 16.6 Å². The van der Waals surface area contributed by atoms with Gasteiger partial charge in [-0.05, 0) is 80.8 Å². The third-order valence-corrected chi connectivity index (χ3v) is 9.41. The zero-order valence-corrected chi connectivity index (χ0v) is 19.7. The Morgan fingerprint density at radius 3 is 2.91 bits per heavy atom. The monoisotopic (exact) mass is 460 g/mol. The van der Waals surface area contributed by atoms with E-state index in [0.29, 0.717) is 12.2 Å². The van der Waals surface area contributed by atoms with E-state index in [0.717, 1.165) is 44.0 Å². The number of rotatable bonds is 5. The molecular formula is C28H32N2O4. The molecule has 0 unspecified atom stereocenters. The number of amides is 1. The summed E-state index contributed by atoms with van der Waals surface area (Å²) in [6.45, 7) is 2.09. The molecule has 0 radical (unpaired) electrons. The van der Waals surface area contributed by atoms with Gasteiger partial charge in [0.25, 0.3) is 0 Å². The number of furan rings is 1. The van der Waals surface area contributed by atoms with E-state index in [1.54, 1.807) is 18.4 Å². The third-order valence-electron chi connectivity index (χ3n) is 9.41. The highest BCUT2D eigenvalue weighted by Crippen LogP contribution is 2.64. The van der Waals surface area contributed by atoms with Gasteiger partial charge in [0.2, 0.25) is 5.91 Å². The Labute approximate surface area is 200 Å². The average molecular weight is 461 g/mol. The molecule has 1 saturated heterocycles. The van der Waals surface area contributed by atoms with Gasteiger partial charge in [0.1, 0.15) is 17.6 Å². The first-order valence-corrected chi connectivity index (χ1v) is 12.7. The largest absolute Gasteiger partial charge is 0.487 e. The Balaban J connectivity index is 1.26. The van der Waals surface area contributed by atoms with Crippen molar-refractivity contribution in [2.45, 2.75) is 67.7 Å². The molecule has 1 amide bonds. The van der Waals surface area contributed by atoms with Gasteiger partial charge in [0.05, 0.1) is 23.3 Å². The summed E-state index contributed by atoms with van der Waals surface area (Å²) in [6, 6.07) is 10.0. The second-order valence-corrected chi connectivity index (χ2v) is 11.0. The first-order chi connectivity index (χ1) is 16.5. The highest BCUT2D eigenvalue weighted by molar-refractivity contribution is 5.91. The number of aliphatic hydroxyl groups is 1. The molecule has 1 aromatic heterocycles. The zero-order valence-electron chi connectivity index (χ0n) is 19.7. The summed E-state index contributed by atoms with van der Waals surface area (Å²) in [5.74, 6) is 2.29. The number of benzene rings is 1. The van der Waals surface area contributed by atoms with Crippen LogP contribution in [0.15, 0.2) is 47.1 Å². The fraction of sp³-hybridized carbons (Fsp3) is 0.536. The zero-order chi connectivity index (χ0) is 23.1. The maximum atomic E-state index is 13.2. The number of ether oxygens (including phenoxy) is 1. The predicted molar refractivity (Wildman–Crippen MR) is 127 cm³/mol. The number of nitrogens with zero attached hydrogens (tertiary/aromatic N) is 2. The van der Waals surface area contributed by atoms with Crippen molar-refractivity contribution >= 4 is 12.0 Å². The SMILES string of the molecule is CN(C(=O)/C=C/c1ccco1)[C@H]1CC[C@@]2(O)[C@H]3Cc4cccc5c4[C@@]2(CCN3CC2CC2)[C@H]1O5. The molecule has 1 spiro atoms. The summed E-state index contributed by atoms with van der Waals surface area (Å²) in [5.41, 5.74) is 1.27. The summed E-state index contributed by atoms with van der Waals surface area (Å²) < 4.78 is 12.0. The van der Waals surface area contributed by atoms with Crippen molar-refractivity contribution in [3.05, 3.63) is 59.6 Å². The van der Waals surface area contributed by atoms with Gasteiger partial charge in [-0.15, -0.1) is 0 Å². The topological polar surface area (TPSA) is 66.2 Å². The molecule has 1 aromatic carbocycles. The first-order valence-electron chi connectivity index (χ1n) is 12.7. The van der Waals surface area contributed by atoms with Gasteiger partial charge in [0, 0.05) is 31.3 Å². The number of likely N-dealkylation sites (N-methyl/N-ethyl adjacent to an activating group) is 1. The second kappa shape index (κ2) is 7.22. The number of hydrogen-bond acceptors (Lipinski definition) is 5. The first kappa shape index (κ1) is 20.8. The van der Waals surface area contributed by atoms with Crippen molar-refractivity contribution in [2.24, 2.45) is 5.92 Å². The quantitative estimate of drug-likeness (QED) is 0.693. The van der Waals surface area contributed by atoms with Crippen molar-refractivity contribution in [3.63, 3.8) is 0 Å². The minimum Gasteiger partial charge on any atom is -0.487 e. The molecule has 2 saturated carbocycles. The summed E-state index contributed by atoms with van der Waals surface area (Å²) in [7, 11) is 1.87. The van der Waals surface area contributed by atoms with Gasteiger partial charge in [0.15, 0.2) is 0 Å². The molecule has 2 bridgehead atoms. The van der Waals surface area contributed by atoms with Crippen molar-refractivity contribution in [1.82, 2.24) is 9.80 Å². The van der Waals surface area contributed by atoms with Crippen LogP contribution in [0.4, 0.5) is 0 Å². The van der Waals surface area contributed by atoms with Crippen LogP contribution in [0, 0.1) is 5.92 Å². The van der Waals surface area contributed by atoms with Gasteiger partial charge < -0.3 is 19.2 Å². The molecule has 3 aliphatic carbocycles. The van der Waals surface area contributed by atoms with Crippen molar-refractivity contribution in [2.75, 3.05) is 20.1 Å². The average Bonchev–Trinajstić information content (AvgIpc) is 3.35.